The quantitative estimate of drug-likeness (QED) is 0.0591. The summed E-state index contributed by atoms with van der Waals surface area (Å²) in [5, 5.41) is 9.83. The highest BCUT2D eigenvalue weighted by molar-refractivity contribution is 5.75. The lowest BCUT2D eigenvalue weighted by Crippen LogP contribution is -2.34. The SMILES string of the molecule is CCC(O)COC(CC)COC(CC)COC(CC)COC(CC)COC(CC)COC(CC)COC(CC)COC(CC)COC(CC)COC(=O)C(C)(C)CC. The fraction of sp³-hybridized carbons (Fsp3) is 0.978. The summed E-state index contributed by atoms with van der Waals surface area (Å²) in [6, 6.07) is 0. The van der Waals surface area contributed by atoms with Crippen LogP contribution in [0.4, 0.5) is 0 Å². The summed E-state index contributed by atoms with van der Waals surface area (Å²) in [4.78, 5) is 12.4. The molecule has 12 nitrogen and oxygen atoms in total. The maximum atomic E-state index is 12.4. The molecule has 10 unspecified atom stereocenters. The molecule has 0 bridgehead atoms. The maximum Gasteiger partial charge on any atom is 0.311 e. The number of rotatable bonds is 41. The monoisotopic (exact) mass is 837 g/mol. The molecule has 0 aliphatic heterocycles. The summed E-state index contributed by atoms with van der Waals surface area (Å²) in [6.45, 7) is 31.0. The minimum atomic E-state index is -0.493. The van der Waals surface area contributed by atoms with Crippen LogP contribution >= 0.6 is 0 Å². The maximum absolute atomic E-state index is 12.4. The number of hydrogen-bond donors (Lipinski definition) is 1. The zero-order valence-corrected chi connectivity index (χ0v) is 39.6. The first-order valence-corrected chi connectivity index (χ1v) is 23.2. The summed E-state index contributed by atoms with van der Waals surface area (Å²) in [5.74, 6) is -0.189. The van der Waals surface area contributed by atoms with Crippen LogP contribution in [0.5, 0.6) is 0 Å². The average Bonchev–Trinajstić information content (AvgIpc) is 3.25. The third-order valence-corrected chi connectivity index (χ3v) is 11.1. The van der Waals surface area contributed by atoms with E-state index in [0.717, 1.165) is 64.2 Å². The van der Waals surface area contributed by atoms with Crippen LogP contribution in [0.25, 0.3) is 0 Å². The molecule has 0 saturated carbocycles. The first-order chi connectivity index (χ1) is 27.8. The molecule has 0 aliphatic rings. The fourth-order valence-electron chi connectivity index (χ4n) is 5.37. The predicted molar refractivity (Wildman–Crippen MR) is 232 cm³/mol. The van der Waals surface area contributed by atoms with Gasteiger partial charge in [0.25, 0.3) is 0 Å². The van der Waals surface area contributed by atoms with Gasteiger partial charge in [0.2, 0.25) is 0 Å². The molecule has 348 valence electrons. The molecule has 0 aromatic heterocycles. The van der Waals surface area contributed by atoms with Crippen LogP contribution in [0.15, 0.2) is 0 Å². The lowest BCUT2D eigenvalue weighted by Gasteiger charge is -2.27. The smallest absolute Gasteiger partial charge is 0.311 e. The summed E-state index contributed by atoms with van der Waals surface area (Å²) < 4.78 is 61.3. The van der Waals surface area contributed by atoms with Crippen molar-refractivity contribution in [1.82, 2.24) is 0 Å². The van der Waals surface area contributed by atoms with E-state index in [1.54, 1.807) is 0 Å². The highest BCUT2D eigenvalue weighted by Gasteiger charge is 2.28. The van der Waals surface area contributed by atoms with E-state index in [1.165, 1.54) is 0 Å². The van der Waals surface area contributed by atoms with Gasteiger partial charge in [-0.05, 0) is 84.5 Å². The third kappa shape index (κ3) is 26.4. The van der Waals surface area contributed by atoms with Crippen molar-refractivity contribution < 1.29 is 57.3 Å². The Hall–Kier alpha value is -0.930. The van der Waals surface area contributed by atoms with Crippen molar-refractivity contribution in [3.05, 3.63) is 0 Å². The molecule has 0 rings (SSSR count). The first kappa shape index (κ1) is 57.1. The topological polar surface area (TPSA) is 130 Å². The van der Waals surface area contributed by atoms with E-state index in [4.69, 9.17) is 47.4 Å². The number of aliphatic hydroxyl groups excluding tert-OH is 1. The Morgan fingerprint density at radius 3 is 0.759 bits per heavy atom. The lowest BCUT2D eigenvalue weighted by atomic mass is 9.91. The van der Waals surface area contributed by atoms with E-state index in [1.807, 2.05) is 34.6 Å². The van der Waals surface area contributed by atoms with Crippen molar-refractivity contribution in [2.75, 3.05) is 66.1 Å². The molecular weight excluding hydrogens is 744 g/mol. The van der Waals surface area contributed by atoms with E-state index in [2.05, 4.69) is 55.4 Å². The summed E-state index contributed by atoms with van der Waals surface area (Å²) >= 11 is 0. The van der Waals surface area contributed by atoms with Gasteiger partial charge >= 0.3 is 5.97 Å². The van der Waals surface area contributed by atoms with Crippen molar-refractivity contribution in [3.8, 4) is 0 Å². The Labute approximate surface area is 355 Å². The van der Waals surface area contributed by atoms with Gasteiger partial charge in [-0.15, -0.1) is 0 Å². The highest BCUT2D eigenvalue weighted by atomic mass is 16.6. The minimum Gasteiger partial charge on any atom is -0.463 e. The third-order valence-electron chi connectivity index (χ3n) is 11.1. The van der Waals surface area contributed by atoms with E-state index >= 15 is 0 Å². The Morgan fingerprint density at radius 1 is 0.362 bits per heavy atom. The molecule has 0 spiro atoms. The Morgan fingerprint density at radius 2 is 0.569 bits per heavy atom. The molecule has 12 heteroatoms. The number of carbonyl (C=O) groups excluding carboxylic acids is 1. The van der Waals surface area contributed by atoms with Gasteiger partial charge in [-0.3, -0.25) is 4.79 Å². The largest absolute Gasteiger partial charge is 0.463 e. The molecule has 0 heterocycles. The normalized spacial score (nSPS) is 17.6. The molecular formula is C46H92O12. The Bertz CT molecular complexity index is 938. The summed E-state index contributed by atoms with van der Waals surface area (Å²) in [5.41, 5.74) is -0.493. The molecule has 10 atom stereocenters. The van der Waals surface area contributed by atoms with Crippen LogP contribution in [0.3, 0.4) is 0 Å². The van der Waals surface area contributed by atoms with E-state index in [-0.39, 0.29) is 67.5 Å². The zero-order chi connectivity index (χ0) is 43.8. The number of ether oxygens (including phenoxy) is 10. The van der Waals surface area contributed by atoms with Gasteiger partial charge in [0.1, 0.15) is 6.61 Å². The van der Waals surface area contributed by atoms with Gasteiger partial charge in [0.05, 0.1) is 126 Å². The van der Waals surface area contributed by atoms with Crippen molar-refractivity contribution in [2.45, 2.75) is 222 Å². The minimum absolute atomic E-state index is 0.0286. The van der Waals surface area contributed by atoms with Crippen molar-refractivity contribution >= 4 is 5.97 Å². The number of aliphatic hydroxyl groups is 1. The molecule has 0 amide bonds. The van der Waals surface area contributed by atoms with Crippen molar-refractivity contribution in [2.24, 2.45) is 5.41 Å². The number of carbonyl (C=O) groups is 1. The fourth-order valence-corrected chi connectivity index (χ4v) is 5.37. The molecule has 0 aromatic carbocycles. The van der Waals surface area contributed by atoms with Crippen LogP contribution in [-0.2, 0) is 52.2 Å². The van der Waals surface area contributed by atoms with Gasteiger partial charge in [-0.1, -0.05) is 76.2 Å². The highest BCUT2D eigenvalue weighted by Crippen LogP contribution is 2.22. The Kier molecular flexibility index (Phi) is 35.1. The molecule has 0 saturated heterocycles. The van der Waals surface area contributed by atoms with Gasteiger partial charge in [-0.2, -0.15) is 0 Å². The molecule has 0 radical (unpaired) electrons. The van der Waals surface area contributed by atoms with Gasteiger partial charge in [0, 0.05) is 0 Å². The van der Waals surface area contributed by atoms with Crippen molar-refractivity contribution in [3.63, 3.8) is 0 Å². The number of esters is 1. The average molecular weight is 837 g/mol. The molecule has 0 fully saturated rings. The van der Waals surface area contributed by atoms with Gasteiger partial charge < -0.3 is 52.5 Å². The summed E-state index contributed by atoms with van der Waals surface area (Å²) in [6.07, 6.45) is 7.83. The van der Waals surface area contributed by atoms with E-state index in [0.29, 0.717) is 65.9 Å². The van der Waals surface area contributed by atoms with Crippen LogP contribution in [-0.4, -0.2) is 138 Å². The van der Waals surface area contributed by atoms with Crippen LogP contribution < -0.4 is 0 Å². The molecule has 0 aromatic rings. The standard InChI is InChI=1S/C46H92O12/c1-14-35(47)25-49-36(15-2)26-50-37(16-3)27-51-38(17-4)28-52-39(18-5)29-53-40(19-6)30-54-41(20-7)31-55-42(21-8)32-56-43(22-9)33-57-44(23-10)34-58-45(48)46(12,13)24-11/h35-44,47H,14-34H2,1-13H3. The summed E-state index contributed by atoms with van der Waals surface area (Å²) in [7, 11) is 0. The molecule has 0 aliphatic carbocycles. The van der Waals surface area contributed by atoms with E-state index in [9.17, 15) is 9.90 Å². The number of hydrogen-bond acceptors (Lipinski definition) is 12. The lowest BCUT2D eigenvalue weighted by molar-refractivity contribution is -0.160. The van der Waals surface area contributed by atoms with Crippen LogP contribution in [0.1, 0.15) is 161 Å². The van der Waals surface area contributed by atoms with E-state index < -0.39 is 11.5 Å². The predicted octanol–water partition coefficient (Wildman–Crippen LogP) is 8.89. The van der Waals surface area contributed by atoms with Crippen LogP contribution in [0, 0.1) is 5.41 Å². The molecule has 58 heavy (non-hydrogen) atoms. The van der Waals surface area contributed by atoms with Gasteiger partial charge in [-0.25, -0.2) is 0 Å². The van der Waals surface area contributed by atoms with Gasteiger partial charge in [0.15, 0.2) is 0 Å². The first-order valence-electron chi connectivity index (χ1n) is 23.2. The van der Waals surface area contributed by atoms with Crippen molar-refractivity contribution in [1.29, 1.82) is 0 Å². The second-order valence-electron chi connectivity index (χ2n) is 16.2. The Balaban J connectivity index is 4.70. The molecule has 1 N–H and O–H groups in total. The zero-order valence-electron chi connectivity index (χ0n) is 39.6. The second kappa shape index (κ2) is 35.6. The second-order valence-corrected chi connectivity index (χ2v) is 16.2. The van der Waals surface area contributed by atoms with Crippen LogP contribution in [0.2, 0.25) is 0 Å².